The third-order valence-corrected chi connectivity index (χ3v) is 4.09. The van der Waals surface area contributed by atoms with E-state index in [-0.39, 0.29) is 5.52 Å². The smallest absolute Gasteiger partial charge is 0.185 e. The van der Waals surface area contributed by atoms with Gasteiger partial charge in [0.1, 0.15) is 11.3 Å². The normalized spacial score (nSPS) is 11.2. The summed E-state index contributed by atoms with van der Waals surface area (Å²) < 4.78 is 30.5. The van der Waals surface area contributed by atoms with Crippen molar-refractivity contribution < 1.29 is 8.78 Å². The lowest BCUT2D eigenvalue weighted by Crippen LogP contribution is -2.03. The molecule has 0 aliphatic rings. The predicted octanol–water partition coefficient (Wildman–Crippen LogP) is 4.69. The van der Waals surface area contributed by atoms with E-state index in [4.69, 9.17) is 11.6 Å². The minimum absolute atomic E-state index is 0.149. The van der Waals surface area contributed by atoms with E-state index in [1.165, 1.54) is 6.07 Å². The predicted molar refractivity (Wildman–Crippen MR) is 88.1 cm³/mol. The molecule has 3 aromatic rings. The summed E-state index contributed by atoms with van der Waals surface area (Å²) in [6.07, 6.45) is 0.475. The molecule has 0 aliphatic heterocycles. The Morgan fingerprint density at radius 2 is 1.81 bits per heavy atom. The van der Waals surface area contributed by atoms with Gasteiger partial charge in [0.25, 0.3) is 0 Å². The van der Waals surface area contributed by atoms with Crippen molar-refractivity contribution in [3.05, 3.63) is 57.4 Å². The van der Waals surface area contributed by atoms with Gasteiger partial charge < -0.3 is 0 Å². The lowest BCUT2D eigenvalue weighted by atomic mass is 10.2. The summed E-state index contributed by atoms with van der Waals surface area (Å²) in [7, 11) is 0. The Bertz CT molecular complexity index is 800. The van der Waals surface area contributed by atoms with Crippen LogP contribution in [0.15, 0.2) is 36.4 Å². The van der Waals surface area contributed by atoms with Gasteiger partial charge in [-0.2, -0.15) is 0 Å². The van der Waals surface area contributed by atoms with Crippen LogP contribution in [-0.4, -0.2) is 15.4 Å². The summed E-state index contributed by atoms with van der Waals surface area (Å²) in [6.45, 7) is 0. The minimum atomic E-state index is -0.889. The first-order chi connectivity index (χ1) is 10.1. The van der Waals surface area contributed by atoms with E-state index in [0.29, 0.717) is 23.6 Å². The van der Waals surface area contributed by atoms with Crippen molar-refractivity contribution in [2.45, 2.75) is 6.42 Å². The average molecular weight is 419 g/mol. The van der Waals surface area contributed by atoms with Crippen molar-refractivity contribution in [3.8, 4) is 5.69 Å². The molecule has 2 nitrogen and oxygen atoms in total. The van der Waals surface area contributed by atoms with E-state index in [1.807, 2.05) is 24.3 Å². The number of rotatable bonds is 3. The lowest BCUT2D eigenvalue weighted by molar-refractivity contribution is 0.514. The number of fused-ring (bicyclic) bond motifs is 1. The molecular formula is C15H10ClF2IN2. The zero-order valence-corrected chi connectivity index (χ0v) is 13.7. The number of aryl methyl sites for hydroxylation is 1. The highest BCUT2D eigenvalue weighted by Gasteiger charge is 2.18. The fourth-order valence-corrected chi connectivity index (χ4v) is 2.80. The summed E-state index contributed by atoms with van der Waals surface area (Å²) in [5, 5.41) is 0. The quantitative estimate of drug-likeness (QED) is 0.446. The molecule has 0 bridgehead atoms. The second-order valence-electron chi connectivity index (χ2n) is 4.51. The van der Waals surface area contributed by atoms with Crippen LogP contribution < -0.4 is 0 Å². The van der Waals surface area contributed by atoms with E-state index in [0.717, 1.165) is 15.3 Å². The molecule has 1 heterocycles. The third kappa shape index (κ3) is 2.64. The minimum Gasteiger partial charge on any atom is -0.294 e. The average Bonchev–Trinajstić information content (AvgIpc) is 2.83. The van der Waals surface area contributed by atoms with Crippen molar-refractivity contribution in [1.29, 1.82) is 0 Å². The van der Waals surface area contributed by atoms with Crippen molar-refractivity contribution >= 4 is 45.2 Å². The summed E-state index contributed by atoms with van der Waals surface area (Å²) in [4.78, 5) is 4.37. The Labute approximate surface area is 138 Å². The zero-order chi connectivity index (χ0) is 15.0. The van der Waals surface area contributed by atoms with E-state index in [9.17, 15) is 8.78 Å². The van der Waals surface area contributed by atoms with Crippen molar-refractivity contribution in [2.24, 2.45) is 0 Å². The van der Waals surface area contributed by atoms with Gasteiger partial charge in [-0.15, -0.1) is 11.6 Å². The van der Waals surface area contributed by atoms with Crippen LogP contribution in [0.2, 0.25) is 0 Å². The maximum atomic E-state index is 14.2. The summed E-state index contributed by atoms with van der Waals surface area (Å²) in [5.41, 5.74) is 1.31. The van der Waals surface area contributed by atoms with Crippen LogP contribution in [0.3, 0.4) is 0 Å². The Morgan fingerprint density at radius 3 is 2.48 bits per heavy atom. The van der Waals surface area contributed by atoms with Gasteiger partial charge in [0.15, 0.2) is 11.6 Å². The SMILES string of the molecule is Fc1ccc2nc(CCCl)n(-c3ccc(I)cc3)c2c1F. The number of aromatic nitrogens is 2. The van der Waals surface area contributed by atoms with Crippen LogP contribution in [0.5, 0.6) is 0 Å². The van der Waals surface area contributed by atoms with Crippen LogP contribution >= 0.6 is 34.2 Å². The molecular weight excluding hydrogens is 409 g/mol. The summed E-state index contributed by atoms with van der Waals surface area (Å²) in [5.74, 6) is -0.797. The Hall–Kier alpha value is -1.21. The van der Waals surface area contributed by atoms with Gasteiger partial charge in [0.05, 0.1) is 5.52 Å². The maximum Gasteiger partial charge on any atom is 0.185 e. The van der Waals surface area contributed by atoms with Gasteiger partial charge >= 0.3 is 0 Å². The summed E-state index contributed by atoms with van der Waals surface area (Å²) in [6, 6.07) is 10.1. The molecule has 0 saturated carbocycles. The molecule has 0 radical (unpaired) electrons. The molecule has 1 aromatic heterocycles. The molecule has 0 amide bonds. The first kappa shape index (κ1) is 14.7. The maximum absolute atomic E-state index is 14.2. The van der Waals surface area contributed by atoms with Gasteiger partial charge in [-0.05, 0) is 59.0 Å². The number of imidazole rings is 1. The van der Waals surface area contributed by atoms with Gasteiger partial charge in [0, 0.05) is 21.6 Å². The second kappa shape index (κ2) is 5.88. The Balaban J connectivity index is 2.34. The van der Waals surface area contributed by atoms with E-state index in [2.05, 4.69) is 27.6 Å². The first-order valence-electron chi connectivity index (χ1n) is 6.29. The van der Waals surface area contributed by atoms with Crippen LogP contribution in [-0.2, 0) is 6.42 Å². The van der Waals surface area contributed by atoms with Gasteiger partial charge in [0.2, 0.25) is 0 Å². The van der Waals surface area contributed by atoms with Crippen LogP contribution in [0, 0.1) is 15.2 Å². The molecule has 0 fully saturated rings. The van der Waals surface area contributed by atoms with E-state index in [1.54, 1.807) is 4.57 Å². The van der Waals surface area contributed by atoms with Gasteiger partial charge in [-0.3, -0.25) is 4.57 Å². The molecule has 3 rings (SSSR count). The zero-order valence-electron chi connectivity index (χ0n) is 10.8. The number of benzene rings is 2. The fourth-order valence-electron chi connectivity index (χ4n) is 2.27. The van der Waals surface area contributed by atoms with Crippen LogP contribution in [0.25, 0.3) is 16.7 Å². The number of alkyl halides is 1. The van der Waals surface area contributed by atoms with E-state index >= 15 is 0 Å². The highest BCUT2D eigenvalue weighted by atomic mass is 127. The molecule has 0 atom stereocenters. The van der Waals surface area contributed by atoms with Gasteiger partial charge in [-0.1, -0.05) is 0 Å². The molecule has 0 spiro atoms. The molecule has 21 heavy (non-hydrogen) atoms. The number of halogens is 4. The standard InChI is InChI=1S/C15H10ClF2IN2/c16-8-7-13-20-12-6-5-11(17)14(18)15(12)21(13)10-3-1-9(19)2-4-10/h1-6H,7-8H2. The van der Waals surface area contributed by atoms with Crippen LogP contribution in [0.1, 0.15) is 5.82 Å². The molecule has 0 saturated heterocycles. The van der Waals surface area contributed by atoms with E-state index < -0.39 is 11.6 Å². The Morgan fingerprint density at radius 1 is 1.10 bits per heavy atom. The van der Waals surface area contributed by atoms with Crippen molar-refractivity contribution in [2.75, 3.05) is 5.88 Å². The molecule has 6 heteroatoms. The van der Waals surface area contributed by atoms with Crippen molar-refractivity contribution in [3.63, 3.8) is 0 Å². The highest BCUT2D eigenvalue weighted by Crippen LogP contribution is 2.26. The topological polar surface area (TPSA) is 17.8 Å². The van der Waals surface area contributed by atoms with Gasteiger partial charge in [-0.25, -0.2) is 13.8 Å². The highest BCUT2D eigenvalue weighted by molar-refractivity contribution is 14.1. The number of hydrogen-bond acceptors (Lipinski definition) is 1. The number of nitrogens with zero attached hydrogens (tertiary/aromatic N) is 2. The molecule has 0 unspecified atom stereocenters. The fraction of sp³-hybridized carbons (Fsp3) is 0.133. The monoisotopic (exact) mass is 418 g/mol. The Kier molecular flexibility index (Phi) is 4.12. The molecule has 0 N–H and O–H groups in total. The molecule has 108 valence electrons. The first-order valence-corrected chi connectivity index (χ1v) is 7.90. The largest absolute Gasteiger partial charge is 0.294 e. The van der Waals surface area contributed by atoms with Crippen LogP contribution in [0.4, 0.5) is 8.78 Å². The molecule has 0 aliphatic carbocycles. The lowest BCUT2D eigenvalue weighted by Gasteiger charge is -2.09. The van der Waals surface area contributed by atoms with Crippen molar-refractivity contribution in [1.82, 2.24) is 9.55 Å². The third-order valence-electron chi connectivity index (χ3n) is 3.18. The molecule has 2 aromatic carbocycles. The summed E-state index contributed by atoms with van der Waals surface area (Å²) >= 11 is 7.99. The number of hydrogen-bond donors (Lipinski definition) is 0. The second-order valence-corrected chi connectivity index (χ2v) is 6.13.